The smallest absolute Gasteiger partial charge is 0.125 e. The average molecular weight is 336 g/mol. The van der Waals surface area contributed by atoms with Crippen LogP contribution >= 0.6 is 15.9 Å². The number of benzene rings is 2. The molecule has 0 spiro atoms. The van der Waals surface area contributed by atoms with Crippen LogP contribution in [0.15, 0.2) is 46.9 Å². The fourth-order valence-corrected chi connectivity index (χ4v) is 2.38. The van der Waals surface area contributed by atoms with Gasteiger partial charge in [0.1, 0.15) is 18.1 Å². The highest BCUT2D eigenvalue weighted by molar-refractivity contribution is 9.10. The van der Waals surface area contributed by atoms with Gasteiger partial charge in [-0.25, -0.2) is 0 Å². The maximum atomic E-state index is 5.85. The van der Waals surface area contributed by atoms with E-state index >= 15 is 0 Å². The Morgan fingerprint density at radius 1 is 1.15 bits per heavy atom. The normalized spacial score (nSPS) is 10.3. The van der Waals surface area contributed by atoms with E-state index in [1.54, 1.807) is 7.11 Å². The lowest BCUT2D eigenvalue weighted by Crippen LogP contribution is -2.05. The van der Waals surface area contributed by atoms with Gasteiger partial charge in [-0.3, -0.25) is 0 Å². The van der Waals surface area contributed by atoms with Gasteiger partial charge < -0.3 is 14.8 Å². The van der Waals surface area contributed by atoms with Crippen molar-refractivity contribution in [3.05, 3.63) is 58.1 Å². The standard InChI is InChI=1S/C16H18BrNO2/c1-18-10-12-4-3-5-15(8-12)20-11-13-9-14(17)6-7-16(13)19-2/h3-9,18H,10-11H2,1-2H3. The minimum absolute atomic E-state index is 0.478. The average Bonchev–Trinajstić information content (AvgIpc) is 2.46. The molecule has 0 aliphatic rings. The van der Waals surface area contributed by atoms with Crippen LogP contribution in [0, 0.1) is 0 Å². The van der Waals surface area contributed by atoms with Crippen LogP contribution in [0.4, 0.5) is 0 Å². The Morgan fingerprint density at radius 3 is 2.75 bits per heavy atom. The molecule has 0 aliphatic carbocycles. The summed E-state index contributed by atoms with van der Waals surface area (Å²) in [6, 6.07) is 14.0. The summed E-state index contributed by atoms with van der Waals surface area (Å²) in [7, 11) is 3.60. The van der Waals surface area contributed by atoms with E-state index in [-0.39, 0.29) is 0 Å². The summed E-state index contributed by atoms with van der Waals surface area (Å²) in [4.78, 5) is 0. The predicted molar refractivity (Wildman–Crippen MR) is 84.2 cm³/mol. The number of halogens is 1. The Balaban J connectivity index is 2.08. The second kappa shape index (κ2) is 7.31. The van der Waals surface area contributed by atoms with E-state index in [1.165, 1.54) is 5.56 Å². The molecule has 0 bridgehead atoms. The van der Waals surface area contributed by atoms with Crippen LogP contribution < -0.4 is 14.8 Å². The zero-order valence-corrected chi connectivity index (χ0v) is 13.2. The molecule has 0 saturated heterocycles. The third-order valence-electron chi connectivity index (χ3n) is 2.92. The largest absolute Gasteiger partial charge is 0.496 e. The van der Waals surface area contributed by atoms with Gasteiger partial charge >= 0.3 is 0 Å². The molecule has 0 amide bonds. The van der Waals surface area contributed by atoms with Crippen LogP contribution in [0.1, 0.15) is 11.1 Å². The second-order valence-electron chi connectivity index (χ2n) is 4.42. The summed E-state index contributed by atoms with van der Waals surface area (Å²) < 4.78 is 12.2. The summed E-state index contributed by atoms with van der Waals surface area (Å²) in [5.41, 5.74) is 2.21. The summed E-state index contributed by atoms with van der Waals surface area (Å²) in [6.07, 6.45) is 0. The molecule has 3 nitrogen and oxygen atoms in total. The van der Waals surface area contributed by atoms with Crippen LogP contribution in [-0.4, -0.2) is 14.2 Å². The fraction of sp³-hybridized carbons (Fsp3) is 0.250. The molecule has 2 rings (SSSR count). The Kier molecular flexibility index (Phi) is 5.44. The quantitative estimate of drug-likeness (QED) is 0.871. The zero-order chi connectivity index (χ0) is 14.4. The first kappa shape index (κ1) is 14.9. The summed E-state index contributed by atoms with van der Waals surface area (Å²) in [5.74, 6) is 1.69. The Labute approximate surface area is 128 Å². The monoisotopic (exact) mass is 335 g/mol. The van der Waals surface area contributed by atoms with E-state index in [1.807, 2.05) is 43.4 Å². The van der Waals surface area contributed by atoms with Crippen molar-refractivity contribution in [2.24, 2.45) is 0 Å². The highest BCUT2D eigenvalue weighted by Crippen LogP contribution is 2.24. The van der Waals surface area contributed by atoms with Crippen molar-refractivity contribution in [1.29, 1.82) is 0 Å². The molecule has 2 aromatic carbocycles. The van der Waals surface area contributed by atoms with Crippen LogP contribution in [-0.2, 0) is 13.2 Å². The number of methoxy groups -OCH3 is 1. The molecule has 2 aromatic rings. The molecule has 106 valence electrons. The van der Waals surface area contributed by atoms with Gasteiger partial charge in [0.25, 0.3) is 0 Å². The minimum Gasteiger partial charge on any atom is -0.496 e. The maximum absolute atomic E-state index is 5.85. The lowest BCUT2D eigenvalue weighted by Gasteiger charge is -2.11. The molecular weight excluding hydrogens is 318 g/mol. The van der Waals surface area contributed by atoms with Crippen LogP contribution in [0.3, 0.4) is 0 Å². The molecular formula is C16H18BrNO2. The van der Waals surface area contributed by atoms with E-state index in [0.717, 1.165) is 28.1 Å². The molecule has 0 radical (unpaired) electrons. The van der Waals surface area contributed by atoms with E-state index in [0.29, 0.717) is 6.61 Å². The zero-order valence-electron chi connectivity index (χ0n) is 11.7. The third-order valence-corrected chi connectivity index (χ3v) is 3.41. The molecule has 20 heavy (non-hydrogen) atoms. The van der Waals surface area contributed by atoms with Gasteiger partial charge in [-0.1, -0.05) is 28.1 Å². The van der Waals surface area contributed by atoms with Gasteiger partial charge in [-0.05, 0) is 42.9 Å². The topological polar surface area (TPSA) is 30.5 Å². The molecule has 0 fully saturated rings. The molecule has 0 atom stereocenters. The third kappa shape index (κ3) is 3.99. The number of hydrogen-bond donors (Lipinski definition) is 1. The van der Waals surface area contributed by atoms with E-state index in [9.17, 15) is 0 Å². The first-order valence-electron chi connectivity index (χ1n) is 6.41. The molecule has 0 heterocycles. The Bertz CT molecular complexity index is 572. The molecule has 0 aromatic heterocycles. The van der Waals surface area contributed by atoms with Gasteiger partial charge in [-0.2, -0.15) is 0 Å². The van der Waals surface area contributed by atoms with Crippen molar-refractivity contribution in [2.75, 3.05) is 14.2 Å². The molecule has 4 heteroatoms. The number of nitrogens with one attached hydrogen (secondary N) is 1. The van der Waals surface area contributed by atoms with Gasteiger partial charge in [0, 0.05) is 16.6 Å². The number of hydrogen-bond acceptors (Lipinski definition) is 3. The first-order chi connectivity index (χ1) is 9.72. The van der Waals surface area contributed by atoms with Gasteiger partial charge in [0.05, 0.1) is 7.11 Å². The van der Waals surface area contributed by atoms with Crippen molar-refractivity contribution >= 4 is 15.9 Å². The van der Waals surface area contributed by atoms with Crippen molar-refractivity contribution in [2.45, 2.75) is 13.2 Å². The fourth-order valence-electron chi connectivity index (χ4n) is 1.97. The van der Waals surface area contributed by atoms with Crippen molar-refractivity contribution in [1.82, 2.24) is 5.32 Å². The van der Waals surface area contributed by atoms with Gasteiger partial charge in [-0.15, -0.1) is 0 Å². The predicted octanol–water partition coefficient (Wildman–Crippen LogP) is 3.76. The minimum atomic E-state index is 0.478. The van der Waals surface area contributed by atoms with Crippen molar-refractivity contribution < 1.29 is 9.47 Å². The van der Waals surface area contributed by atoms with E-state index in [4.69, 9.17) is 9.47 Å². The van der Waals surface area contributed by atoms with Gasteiger partial charge in [0.2, 0.25) is 0 Å². The van der Waals surface area contributed by atoms with Crippen LogP contribution in [0.2, 0.25) is 0 Å². The summed E-state index contributed by atoms with van der Waals surface area (Å²) >= 11 is 3.46. The van der Waals surface area contributed by atoms with Crippen LogP contribution in [0.25, 0.3) is 0 Å². The summed E-state index contributed by atoms with van der Waals surface area (Å²) in [5, 5.41) is 3.13. The number of rotatable bonds is 6. The van der Waals surface area contributed by atoms with Crippen molar-refractivity contribution in [3.63, 3.8) is 0 Å². The molecule has 0 unspecified atom stereocenters. The van der Waals surface area contributed by atoms with Crippen LogP contribution in [0.5, 0.6) is 11.5 Å². The lowest BCUT2D eigenvalue weighted by molar-refractivity contribution is 0.296. The Morgan fingerprint density at radius 2 is 2.00 bits per heavy atom. The summed E-state index contributed by atoms with van der Waals surface area (Å²) in [6.45, 7) is 1.31. The van der Waals surface area contributed by atoms with E-state index in [2.05, 4.69) is 27.3 Å². The van der Waals surface area contributed by atoms with Gasteiger partial charge in [0.15, 0.2) is 0 Å². The molecule has 0 aliphatic heterocycles. The van der Waals surface area contributed by atoms with E-state index < -0.39 is 0 Å². The Hall–Kier alpha value is -1.52. The number of ether oxygens (including phenoxy) is 2. The van der Waals surface area contributed by atoms with Crippen molar-refractivity contribution in [3.8, 4) is 11.5 Å². The SMILES string of the molecule is CNCc1cccc(OCc2cc(Br)ccc2OC)c1. The second-order valence-corrected chi connectivity index (χ2v) is 5.34. The molecule has 0 saturated carbocycles. The highest BCUT2D eigenvalue weighted by atomic mass is 79.9. The first-order valence-corrected chi connectivity index (χ1v) is 7.21. The molecule has 1 N–H and O–H groups in total. The maximum Gasteiger partial charge on any atom is 0.125 e. The highest BCUT2D eigenvalue weighted by Gasteiger charge is 2.05. The lowest BCUT2D eigenvalue weighted by atomic mass is 10.2.